The van der Waals surface area contributed by atoms with Gasteiger partial charge >= 0.3 is 30.0 Å². The standard InChI is InChI=1S/C48H61NO15/c1-26(2)23-32(49-44(57)64-45(6,7)8)39(61-41(54)30-17-13-11-14-18-30)43(56)60-33-24-48(58)40(62-42(55)31-19-15-12-16-20-31)36(47(63-29(5)51)25-59-34(47)21-22-50)28(4)37(52)38(53)35(27(33)3)46(48,9)10/h11-20,26,32-34,36,39-40,50,52,58H,21-25H2,1-10H3,(H,49,57)/b37-28+/t32-,33-,34+,36?,39+,40-,47-,48+/m0/s1. The molecule has 1 aliphatic heterocycles. The van der Waals surface area contributed by atoms with Crippen LogP contribution in [-0.2, 0) is 42.8 Å². The number of nitrogens with one attached hydrogen (secondary N) is 1. The SMILES string of the molecule is CC(=O)O[C@@]1(C2/C(C)=C(/O)C(=O)C3=C(C)[C@@H](OC(=O)[C@H](OC(=O)c4ccccc4)[C@H](CC(C)C)NC(=O)OC(C)(C)C)C[C@@](O)([C@H]2OC(=O)c2ccccc2)C3(C)C)CO[C@@H]1CCO. The number of ketones is 1. The number of aliphatic hydroxyl groups excluding tert-OH is 2. The highest BCUT2D eigenvalue weighted by Crippen LogP contribution is 2.58. The van der Waals surface area contributed by atoms with Crippen molar-refractivity contribution < 1.29 is 72.5 Å². The third-order valence-corrected chi connectivity index (χ3v) is 12.2. The zero-order valence-electron chi connectivity index (χ0n) is 38.1. The summed E-state index contributed by atoms with van der Waals surface area (Å²) >= 11 is 0. The first kappa shape index (κ1) is 49.4. The number of benzene rings is 2. The summed E-state index contributed by atoms with van der Waals surface area (Å²) in [6.07, 6.45) is -7.64. The van der Waals surface area contributed by atoms with Gasteiger partial charge in [0.2, 0.25) is 11.9 Å². The Bertz CT molecular complexity index is 2160. The Morgan fingerprint density at radius 3 is 1.98 bits per heavy atom. The Kier molecular flexibility index (Phi) is 14.9. The van der Waals surface area contributed by atoms with Crippen molar-refractivity contribution in [3.8, 4) is 0 Å². The molecule has 0 spiro atoms. The second-order valence-corrected chi connectivity index (χ2v) is 18.7. The minimum atomic E-state index is -2.39. The van der Waals surface area contributed by atoms with Gasteiger partial charge in [0.05, 0.1) is 29.7 Å². The van der Waals surface area contributed by atoms with Crippen LogP contribution in [0, 0.1) is 17.3 Å². The molecular formula is C48H61NO15. The van der Waals surface area contributed by atoms with E-state index in [4.69, 9.17) is 28.4 Å². The second-order valence-electron chi connectivity index (χ2n) is 18.7. The topological polar surface area (TPSA) is 231 Å². The highest BCUT2D eigenvalue weighted by atomic mass is 16.6. The Hall–Kier alpha value is -5.58. The monoisotopic (exact) mass is 891 g/mol. The lowest BCUT2D eigenvalue weighted by Crippen LogP contribution is -2.73. The molecule has 1 fully saturated rings. The highest BCUT2D eigenvalue weighted by Gasteiger charge is 2.69. The first-order chi connectivity index (χ1) is 29.9. The fourth-order valence-electron chi connectivity index (χ4n) is 9.13. The lowest BCUT2D eigenvalue weighted by atomic mass is 9.53. The molecule has 3 aliphatic rings. The molecule has 16 nitrogen and oxygen atoms in total. The Balaban J connectivity index is 1.70. The summed E-state index contributed by atoms with van der Waals surface area (Å²) in [6, 6.07) is 14.5. The van der Waals surface area contributed by atoms with Gasteiger partial charge in [0, 0.05) is 37.4 Å². The van der Waals surface area contributed by atoms with Gasteiger partial charge in [-0.05, 0) is 82.4 Å². The number of hydrogen-bond acceptors (Lipinski definition) is 15. The van der Waals surface area contributed by atoms with Gasteiger partial charge in [-0.15, -0.1) is 0 Å². The number of fused-ring (bicyclic) bond motifs is 2. The van der Waals surface area contributed by atoms with Gasteiger partial charge in [-0.3, -0.25) is 9.59 Å². The molecule has 2 aliphatic carbocycles. The quantitative estimate of drug-likeness (QED) is 0.128. The van der Waals surface area contributed by atoms with Gasteiger partial charge in [0.25, 0.3) is 0 Å². The molecule has 2 bridgehead atoms. The number of hydrogen-bond donors (Lipinski definition) is 4. The fraction of sp³-hybridized carbons (Fsp3) is 0.542. The molecule has 348 valence electrons. The average molecular weight is 892 g/mol. The van der Waals surface area contributed by atoms with Gasteiger partial charge < -0.3 is 49.1 Å². The van der Waals surface area contributed by atoms with E-state index in [0.29, 0.717) is 0 Å². The van der Waals surface area contributed by atoms with Gasteiger partial charge in [-0.2, -0.15) is 0 Å². The summed E-state index contributed by atoms with van der Waals surface area (Å²) in [5.74, 6) is -7.25. The van der Waals surface area contributed by atoms with Crippen LogP contribution in [0.4, 0.5) is 4.79 Å². The summed E-state index contributed by atoms with van der Waals surface area (Å²) in [6.45, 7) is 14.9. The van der Waals surface area contributed by atoms with Crippen molar-refractivity contribution in [1.29, 1.82) is 0 Å². The summed E-state index contributed by atoms with van der Waals surface area (Å²) < 4.78 is 35.8. The number of carbonyl (C=O) groups is 6. The molecule has 1 saturated heterocycles. The smallest absolute Gasteiger partial charge is 0.408 e. The zero-order valence-corrected chi connectivity index (χ0v) is 38.1. The predicted molar refractivity (Wildman–Crippen MR) is 230 cm³/mol. The lowest BCUT2D eigenvalue weighted by Gasteiger charge is -2.60. The average Bonchev–Trinajstić information content (AvgIpc) is 3.21. The minimum absolute atomic E-state index is 0.0763. The van der Waals surface area contributed by atoms with E-state index in [1.54, 1.807) is 57.2 Å². The largest absolute Gasteiger partial charge is 0.504 e. The molecule has 16 heteroatoms. The molecule has 4 N–H and O–H groups in total. The number of ether oxygens (including phenoxy) is 6. The fourth-order valence-corrected chi connectivity index (χ4v) is 9.13. The summed E-state index contributed by atoms with van der Waals surface area (Å²) in [7, 11) is 0. The lowest BCUT2D eigenvalue weighted by molar-refractivity contribution is -0.295. The molecule has 1 amide bonds. The molecule has 2 aromatic rings. The minimum Gasteiger partial charge on any atom is -0.504 e. The number of rotatable bonds is 14. The summed E-state index contributed by atoms with van der Waals surface area (Å²) in [4.78, 5) is 83.6. The molecule has 2 aromatic carbocycles. The van der Waals surface area contributed by atoms with E-state index in [-0.39, 0.29) is 53.2 Å². The zero-order chi connectivity index (χ0) is 47.5. The molecule has 0 aromatic heterocycles. The van der Waals surface area contributed by atoms with Crippen LogP contribution in [0.5, 0.6) is 0 Å². The summed E-state index contributed by atoms with van der Waals surface area (Å²) in [5.41, 5.74) is -6.84. The molecule has 0 radical (unpaired) electrons. The maximum absolute atomic E-state index is 14.8. The van der Waals surface area contributed by atoms with Crippen molar-refractivity contribution in [2.75, 3.05) is 13.2 Å². The van der Waals surface area contributed by atoms with Crippen molar-refractivity contribution in [3.63, 3.8) is 0 Å². The number of carbonyl (C=O) groups excluding carboxylic acids is 6. The van der Waals surface area contributed by atoms with Crippen LogP contribution in [0.1, 0.15) is 109 Å². The van der Waals surface area contributed by atoms with E-state index < -0.39 is 113 Å². The Morgan fingerprint density at radius 1 is 0.906 bits per heavy atom. The molecule has 64 heavy (non-hydrogen) atoms. The first-order valence-corrected chi connectivity index (χ1v) is 21.4. The van der Waals surface area contributed by atoms with Crippen molar-refractivity contribution in [2.45, 2.75) is 136 Å². The third-order valence-electron chi connectivity index (χ3n) is 12.2. The van der Waals surface area contributed by atoms with Crippen LogP contribution in [0.3, 0.4) is 0 Å². The van der Waals surface area contributed by atoms with Gasteiger partial charge in [-0.25, -0.2) is 19.2 Å². The molecule has 1 heterocycles. The molecular weight excluding hydrogens is 831 g/mol. The second kappa shape index (κ2) is 19.3. The highest BCUT2D eigenvalue weighted by molar-refractivity contribution is 6.09. The van der Waals surface area contributed by atoms with Crippen LogP contribution in [0.15, 0.2) is 83.1 Å². The third kappa shape index (κ3) is 10.0. The number of Topliss-reactive ketones (excluding diaryl/α,β-unsaturated/α-hetero) is 1. The number of aliphatic hydroxyl groups is 3. The molecule has 0 saturated carbocycles. The Morgan fingerprint density at radius 2 is 1.48 bits per heavy atom. The first-order valence-electron chi connectivity index (χ1n) is 21.4. The van der Waals surface area contributed by atoms with Crippen LogP contribution in [0.2, 0.25) is 0 Å². The van der Waals surface area contributed by atoms with Crippen LogP contribution in [-0.4, -0.2) is 112 Å². The van der Waals surface area contributed by atoms with Gasteiger partial charge in [0.1, 0.15) is 29.5 Å². The number of amides is 1. The number of alkyl carbamates (subject to hydrolysis) is 1. The van der Waals surface area contributed by atoms with E-state index >= 15 is 0 Å². The van der Waals surface area contributed by atoms with Crippen molar-refractivity contribution in [2.24, 2.45) is 17.3 Å². The predicted octanol–water partition coefficient (Wildman–Crippen LogP) is 5.88. The van der Waals surface area contributed by atoms with E-state index in [2.05, 4.69) is 5.32 Å². The van der Waals surface area contributed by atoms with E-state index in [9.17, 15) is 44.1 Å². The maximum Gasteiger partial charge on any atom is 0.408 e. The van der Waals surface area contributed by atoms with Crippen molar-refractivity contribution >= 4 is 35.8 Å². The van der Waals surface area contributed by atoms with Gasteiger partial charge in [0.15, 0.2) is 11.4 Å². The van der Waals surface area contributed by atoms with Crippen LogP contribution in [0.25, 0.3) is 0 Å². The number of esters is 4. The normalized spacial score (nSPS) is 27.5. The molecule has 1 unspecified atom stereocenters. The van der Waals surface area contributed by atoms with E-state index in [1.165, 1.54) is 52.0 Å². The van der Waals surface area contributed by atoms with E-state index in [0.717, 1.165) is 6.92 Å². The summed E-state index contributed by atoms with van der Waals surface area (Å²) in [5, 5.41) is 38.3. The van der Waals surface area contributed by atoms with Gasteiger partial charge in [-0.1, -0.05) is 64.1 Å². The van der Waals surface area contributed by atoms with Crippen LogP contribution < -0.4 is 5.32 Å². The maximum atomic E-state index is 14.8. The van der Waals surface area contributed by atoms with Crippen molar-refractivity contribution in [3.05, 3.63) is 94.3 Å². The van der Waals surface area contributed by atoms with Crippen LogP contribution >= 0.6 is 0 Å². The van der Waals surface area contributed by atoms with E-state index in [1.807, 2.05) is 13.8 Å². The molecule has 8 atom stereocenters. The van der Waals surface area contributed by atoms with Crippen molar-refractivity contribution in [1.82, 2.24) is 5.32 Å². The number of allylic oxidation sites excluding steroid dienone is 1. The molecule has 5 rings (SSSR count). The Labute approximate surface area is 373 Å².